The second-order valence-electron chi connectivity index (χ2n) is 12.6. The predicted molar refractivity (Wildman–Crippen MR) is 201 cm³/mol. The number of likely N-dealkylation sites (tertiary alicyclic amines) is 1. The Labute approximate surface area is 330 Å². The van der Waals surface area contributed by atoms with E-state index in [1.165, 1.54) is 12.1 Å². The summed E-state index contributed by atoms with van der Waals surface area (Å²) in [5, 5.41) is 11.1. The van der Waals surface area contributed by atoms with Crippen LogP contribution in [0.5, 0.6) is 0 Å². The highest BCUT2D eigenvalue weighted by molar-refractivity contribution is 8.18. The van der Waals surface area contributed by atoms with Crippen LogP contribution in [0.2, 0.25) is 0 Å². The number of aliphatic hydroxyl groups is 1. The minimum atomic E-state index is -4.89. The van der Waals surface area contributed by atoms with Crippen molar-refractivity contribution in [2.45, 2.75) is 55.4 Å². The highest BCUT2D eigenvalue weighted by Gasteiger charge is 2.38. The molecule has 0 bridgehead atoms. The molecule has 0 aromatic heterocycles. The molecule has 0 radical (unpaired) electrons. The molecule has 2 aliphatic heterocycles. The molecule has 4 N–H and O–H groups in total. The number of halogens is 6. The van der Waals surface area contributed by atoms with Gasteiger partial charge in [-0.05, 0) is 98.4 Å². The number of rotatable bonds is 10. The van der Waals surface area contributed by atoms with Crippen molar-refractivity contribution in [2.24, 2.45) is 10.9 Å². The molecule has 2 fully saturated rings. The quantitative estimate of drug-likeness (QED) is 0.0921. The number of carbonyl (C=O) groups excluding carboxylic acids is 1. The van der Waals surface area contributed by atoms with Gasteiger partial charge in [-0.1, -0.05) is 48.5 Å². The van der Waals surface area contributed by atoms with Gasteiger partial charge in [0.25, 0.3) is 25.5 Å². The van der Waals surface area contributed by atoms with Crippen LogP contribution < -0.4 is 5.32 Å². The number of ether oxygens (including phenoxy) is 1. The van der Waals surface area contributed by atoms with Crippen molar-refractivity contribution in [3.63, 3.8) is 0 Å². The van der Waals surface area contributed by atoms with Gasteiger partial charge in [0.2, 0.25) is 0 Å². The molecule has 12 nitrogen and oxygen atoms in total. The summed E-state index contributed by atoms with van der Waals surface area (Å²) in [7, 11) is -8.07. The number of carbonyl (C=O) groups is 1. The minimum absolute atomic E-state index is 0.0278. The Kier molecular flexibility index (Phi) is 17.3. The van der Waals surface area contributed by atoms with Crippen LogP contribution in [-0.2, 0) is 43.9 Å². The standard InChI is InChI=1S/C22H25F6N3O3S.2C7H8O3S/c23-21(24,25)16-2-1-15(17(12-16)22(26,27)28)13-31-6-3-14(4-7-31)11-18-19(30-20(33)35-18)29-5-9-34-10-8-32;2*1-6-4-2-3-5-7(6)11(8,9)10/h1-2,11-12,14,32H,3-10,13H2,(H,29,30,33);2*2-5H,1H3,(H,8,9,10)/b18-11-;;. The summed E-state index contributed by atoms with van der Waals surface area (Å²) >= 11 is 1.02. The molecule has 314 valence electrons. The lowest BCUT2D eigenvalue weighted by Crippen LogP contribution is -2.33. The van der Waals surface area contributed by atoms with E-state index in [4.69, 9.17) is 18.9 Å². The molecule has 2 aliphatic rings. The van der Waals surface area contributed by atoms with E-state index >= 15 is 0 Å². The maximum Gasteiger partial charge on any atom is 0.416 e. The topological polar surface area (TPSA) is 183 Å². The molecule has 2 saturated heterocycles. The zero-order valence-corrected chi connectivity index (χ0v) is 33.0. The molecule has 0 aliphatic carbocycles. The Morgan fingerprint density at radius 2 is 1.40 bits per heavy atom. The van der Waals surface area contributed by atoms with E-state index in [2.05, 4.69) is 10.3 Å². The number of hydrogen-bond donors (Lipinski definition) is 4. The number of hydrogen-bond acceptors (Lipinski definition) is 10. The van der Waals surface area contributed by atoms with Crippen LogP contribution in [0.3, 0.4) is 0 Å². The van der Waals surface area contributed by atoms with E-state index in [0.29, 0.717) is 67.0 Å². The van der Waals surface area contributed by atoms with Crippen molar-refractivity contribution in [3.8, 4) is 0 Å². The molecule has 0 atom stereocenters. The summed E-state index contributed by atoms with van der Waals surface area (Å²) in [6.07, 6.45) is -6.59. The molecule has 3 aromatic carbocycles. The maximum absolute atomic E-state index is 13.4. The smallest absolute Gasteiger partial charge is 0.394 e. The Morgan fingerprint density at radius 1 is 0.860 bits per heavy atom. The van der Waals surface area contributed by atoms with Gasteiger partial charge in [-0.3, -0.25) is 23.8 Å². The fourth-order valence-electron chi connectivity index (χ4n) is 5.53. The van der Waals surface area contributed by atoms with E-state index in [9.17, 15) is 48.0 Å². The summed E-state index contributed by atoms with van der Waals surface area (Å²) in [5.74, 6) is 0.515. The van der Waals surface area contributed by atoms with E-state index < -0.39 is 43.7 Å². The first-order valence-electron chi connectivity index (χ1n) is 17.0. The highest BCUT2D eigenvalue weighted by atomic mass is 32.2. The maximum atomic E-state index is 13.4. The average molecular weight is 870 g/mol. The van der Waals surface area contributed by atoms with Crippen molar-refractivity contribution < 1.29 is 66.9 Å². The first-order valence-corrected chi connectivity index (χ1v) is 20.7. The van der Waals surface area contributed by atoms with Crippen molar-refractivity contribution >= 4 is 43.1 Å². The van der Waals surface area contributed by atoms with Gasteiger partial charge in [0, 0.05) is 6.54 Å². The first kappa shape index (κ1) is 47.5. The molecule has 5 rings (SSSR count). The molecule has 0 spiro atoms. The van der Waals surface area contributed by atoms with Crippen LogP contribution >= 0.6 is 11.8 Å². The summed E-state index contributed by atoms with van der Waals surface area (Å²) in [6.45, 7) is 4.77. The number of nitrogens with zero attached hydrogens (tertiary/aromatic N) is 2. The average Bonchev–Trinajstić information content (AvgIpc) is 3.46. The highest BCUT2D eigenvalue weighted by Crippen LogP contribution is 2.38. The first-order chi connectivity index (χ1) is 26.5. The molecule has 21 heteroatoms. The Hall–Kier alpha value is -3.83. The number of aliphatic hydroxyl groups excluding tert-OH is 1. The molecule has 1 amide bonds. The predicted octanol–water partition coefficient (Wildman–Crippen LogP) is 7.17. The summed E-state index contributed by atoms with van der Waals surface area (Å²) < 4.78 is 144. The van der Waals surface area contributed by atoms with Crippen LogP contribution in [0.1, 0.15) is 40.7 Å². The van der Waals surface area contributed by atoms with Gasteiger partial charge in [-0.15, -0.1) is 0 Å². The lowest BCUT2D eigenvalue weighted by atomic mass is 9.95. The van der Waals surface area contributed by atoms with Gasteiger partial charge in [-0.25, -0.2) is 0 Å². The molecular weight excluding hydrogens is 829 g/mol. The lowest BCUT2D eigenvalue weighted by Gasteiger charge is -2.31. The Balaban J connectivity index is 0.000000319. The third-order valence-corrected chi connectivity index (χ3v) is 11.2. The second kappa shape index (κ2) is 20.7. The van der Waals surface area contributed by atoms with Crippen molar-refractivity contribution in [1.82, 2.24) is 10.2 Å². The van der Waals surface area contributed by atoms with Gasteiger partial charge in [0.1, 0.15) is 5.84 Å². The number of alkyl halides is 6. The number of benzene rings is 3. The van der Waals surface area contributed by atoms with Gasteiger partial charge in [0.15, 0.2) is 0 Å². The van der Waals surface area contributed by atoms with Crippen LogP contribution in [0.25, 0.3) is 0 Å². The van der Waals surface area contributed by atoms with Crippen molar-refractivity contribution in [1.29, 1.82) is 0 Å². The van der Waals surface area contributed by atoms with Crippen molar-refractivity contribution in [3.05, 3.63) is 106 Å². The van der Waals surface area contributed by atoms with Gasteiger partial charge in [-0.2, -0.15) is 43.2 Å². The number of thioether (sulfide) groups is 1. The van der Waals surface area contributed by atoms with Gasteiger partial charge >= 0.3 is 12.4 Å². The monoisotopic (exact) mass is 869 g/mol. The van der Waals surface area contributed by atoms with Gasteiger partial charge < -0.3 is 15.2 Å². The van der Waals surface area contributed by atoms with Crippen LogP contribution in [0.4, 0.5) is 31.1 Å². The van der Waals surface area contributed by atoms with E-state index in [-0.39, 0.29) is 52.3 Å². The van der Waals surface area contributed by atoms with Crippen LogP contribution in [-0.4, -0.2) is 86.5 Å². The number of amidine groups is 1. The fourth-order valence-corrected chi connectivity index (χ4v) is 7.80. The van der Waals surface area contributed by atoms with Crippen molar-refractivity contribution in [2.75, 3.05) is 39.5 Å². The third-order valence-electron chi connectivity index (χ3n) is 8.30. The summed E-state index contributed by atoms with van der Waals surface area (Å²) in [5.41, 5.74) is -1.69. The number of aliphatic imine (C=N–C) groups is 1. The largest absolute Gasteiger partial charge is 0.416 e. The summed E-state index contributed by atoms with van der Waals surface area (Å²) in [6, 6.07) is 14.3. The number of nitrogens with one attached hydrogen (secondary N) is 1. The molecular formula is C36H41F6N3O9S3. The SMILES string of the molecule is Cc1ccccc1S(=O)(=O)O.Cc1ccccc1S(=O)(=O)O.O=C1NC(=NCCOCCO)/C(=C/C2CCN(Cc3ccc(C(F)(F)F)cc3C(F)(F)F)CC2)S1. The number of allylic oxidation sites excluding steroid dienone is 1. The second-order valence-corrected chi connectivity index (χ2v) is 16.4. The fraction of sp³-hybridized carbons (Fsp3) is 0.389. The molecule has 0 unspecified atom stereocenters. The van der Waals surface area contributed by atoms with E-state index in [1.54, 1.807) is 55.1 Å². The van der Waals surface area contributed by atoms with E-state index in [1.807, 2.05) is 6.08 Å². The number of aryl methyl sites for hydroxylation is 2. The molecule has 57 heavy (non-hydrogen) atoms. The summed E-state index contributed by atoms with van der Waals surface area (Å²) in [4.78, 5) is 18.5. The Morgan fingerprint density at radius 3 is 1.86 bits per heavy atom. The van der Waals surface area contributed by atoms with Crippen LogP contribution in [0, 0.1) is 19.8 Å². The Bertz CT molecular complexity index is 2050. The van der Waals surface area contributed by atoms with Crippen LogP contribution in [0.15, 0.2) is 92.5 Å². The lowest BCUT2D eigenvalue weighted by molar-refractivity contribution is -0.143. The molecule has 3 aromatic rings. The molecule has 2 heterocycles. The normalized spacial score (nSPS) is 17.1. The number of piperidine rings is 1. The number of amides is 1. The zero-order valence-electron chi connectivity index (χ0n) is 30.5. The van der Waals surface area contributed by atoms with Gasteiger partial charge in [0.05, 0.1) is 52.2 Å². The van der Waals surface area contributed by atoms with E-state index in [0.717, 1.165) is 17.8 Å². The molecule has 0 saturated carbocycles. The zero-order chi connectivity index (χ0) is 42.6. The minimum Gasteiger partial charge on any atom is -0.394 e. The third kappa shape index (κ3) is 15.5.